The summed E-state index contributed by atoms with van der Waals surface area (Å²) in [6.45, 7) is -0.241. The van der Waals surface area contributed by atoms with Crippen molar-refractivity contribution in [1.82, 2.24) is 20.3 Å². The van der Waals surface area contributed by atoms with Crippen molar-refractivity contribution in [2.75, 3.05) is 4.90 Å². The second-order valence-corrected chi connectivity index (χ2v) is 9.47. The molecule has 0 bridgehead atoms. The predicted molar refractivity (Wildman–Crippen MR) is 139 cm³/mol. The van der Waals surface area contributed by atoms with Crippen molar-refractivity contribution in [3.8, 4) is 11.5 Å². The summed E-state index contributed by atoms with van der Waals surface area (Å²) < 4.78 is 15.3. The van der Waals surface area contributed by atoms with Crippen LogP contribution in [0.25, 0.3) is 11.0 Å². The predicted octanol–water partition coefficient (Wildman–Crippen LogP) is 4.21. The van der Waals surface area contributed by atoms with Gasteiger partial charge >= 0.3 is 0 Å². The van der Waals surface area contributed by atoms with Crippen LogP contribution in [-0.2, 0) is 16.1 Å². The van der Waals surface area contributed by atoms with E-state index in [9.17, 15) is 24.2 Å². The van der Waals surface area contributed by atoms with E-state index in [0.29, 0.717) is 11.0 Å². The maximum atomic E-state index is 14.0. The minimum atomic E-state index is -1.21. The zero-order valence-corrected chi connectivity index (χ0v) is 20.6. The number of rotatable bonds is 7. The number of carbonyl (C=O) groups excluding carboxylic acids is 2. The Labute approximate surface area is 218 Å². The van der Waals surface area contributed by atoms with Crippen molar-refractivity contribution >= 4 is 28.5 Å². The number of hydrogen-bond donors (Lipinski definition) is 3. The smallest absolute Gasteiger partial charge is 0.249 e. The minimum absolute atomic E-state index is 0.0473. The van der Waals surface area contributed by atoms with E-state index in [-0.39, 0.29) is 29.6 Å². The molecule has 1 atom stereocenters. The maximum absolute atomic E-state index is 14.0. The van der Waals surface area contributed by atoms with E-state index < -0.39 is 29.4 Å². The molecule has 1 heterocycles. The van der Waals surface area contributed by atoms with Crippen LogP contribution in [0.2, 0.25) is 0 Å². The Morgan fingerprint density at radius 3 is 2.47 bits per heavy atom. The second kappa shape index (κ2) is 10.9. The number of phenolic OH excluding ortho intramolecular Hbond substituents is 2. The van der Waals surface area contributed by atoms with Gasteiger partial charge in [0.25, 0.3) is 0 Å². The standard InChI is InChI=1S/C28H28FN5O4/c29-19-11-13-21(14-12-19)34(26(37)17-33-23-9-5-4-8-22(23)31-32-33)27(18-10-15-24(35)25(36)16-18)28(38)30-20-6-2-1-3-7-20/h4-5,8-16,20,27,35-36H,1-3,6-7,17H2,(H,30,38). The molecule has 0 radical (unpaired) electrons. The molecule has 4 aromatic rings. The fourth-order valence-corrected chi connectivity index (χ4v) is 4.93. The average molecular weight is 518 g/mol. The minimum Gasteiger partial charge on any atom is -0.504 e. The quantitative estimate of drug-likeness (QED) is 0.316. The number of aromatic nitrogens is 3. The maximum Gasteiger partial charge on any atom is 0.249 e. The number of anilines is 1. The first-order chi connectivity index (χ1) is 18.4. The highest BCUT2D eigenvalue weighted by molar-refractivity contribution is 6.01. The summed E-state index contributed by atoms with van der Waals surface area (Å²) in [7, 11) is 0. The Kier molecular flexibility index (Phi) is 7.21. The normalized spacial score (nSPS) is 14.8. The second-order valence-electron chi connectivity index (χ2n) is 9.47. The monoisotopic (exact) mass is 517 g/mol. The molecule has 0 saturated heterocycles. The van der Waals surface area contributed by atoms with E-state index in [0.717, 1.165) is 32.1 Å². The Morgan fingerprint density at radius 2 is 1.74 bits per heavy atom. The first kappa shape index (κ1) is 25.2. The largest absolute Gasteiger partial charge is 0.504 e. The van der Waals surface area contributed by atoms with Crippen molar-refractivity contribution in [3.05, 3.63) is 78.1 Å². The van der Waals surface area contributed by atoms with Crippen molar-refractivity contribution in [1.29, 1.82) is 0 Å². The van der Waals surface area contributed by atoms with Gasteiger partial charge in [-0.25, -0.2) is 9.07 Å². The number of para-hydroxylation sites is 1. The fraction of sp³-hybridized carbons (Fsp3) is 0.286. The number of aromatic hydroxyl groups is 2. The van der Waals surface area contributed by atoms with Crippen LogP contribution >= 0.6 is 0 Å². The summed E-state index contributed by atoms with van der Waals surface area (Å²) in [5.74, 6) is -2.21. The van der Waals surface area contributed by atoms with Crippen LogP contribution in [0.15, 0.2) is 66.7 Å². The van der Waals surface area contributed by atoms with E-state index in [4.69, 9.17) is 0 Å². The van der Waals surface area contributed by atoms with Gasteiger partial charge in [0.2, 0.25) is 11.8 Å². The Balaban J connectivity index is 1.57. The highest BCUT2D eigenvalue weighted by atomic mass is 19.1. The van der Waals surface area contributed by atoms with Crippen molar-refractivity contribution in [3.63, 3.8) is 0 Å². The van der Waals surface area contributed by atoms with Gasteiger partial charge in [0.15, 0.2) is 11.5 Å². The van der Waals surface area contributed by atoms with Crippen molar-refractivity contribution in [2.45, 2.75) is 50.7 Å². The molecule has 1 aliphatic carbocycles. The molecule has 0 spiro atoms. The molecule has 1 unspecified atom stereocenters. The van der Waals surface area contributed by atoms with Crippen LogP contribution in [0.1, 0.15) is 43.7 Å². The van der Waals surface area contributed by atoms with Crippen molar-refractivity contribution < 1.29 is 24.2 Å². The molecular formula is C28H28FN5O4. The number of nitrogens with zero attached hydrogens (tertiary/aromatic N) is 4. The van der Waals surface area contributed by atoms with Gasteiger partial charge in [-0.15, -0.1) is 5.10 Å². The third kappa shape index (κ3) is 5.29. The Morgan fingerprint density at radius 1 is 1.00 bits per heavy atom. The number of carbonyl (C=O) groups is 2. The highest BCUT2D eigenvalue weighted by Gasteiger charge is 2.35. The third-order valence-electron chi connectivity index (χ3n) is 6.85. The van der Waals surface area contributed by atoms with E-state index in [2.05, 4.69) is 15.6 Å². The molecule has 1 fully saturated rings. The van der Waals surface area contributed by atoms with Crippen LogP contribution < -0.4 is 10.2 Å². The molecule has 38 heavy (non-hydrogen) atoms. The molecule has 196 valence electrons. The van der Waals surface area contributed by atoms with E-state index in [1.807, 2.05) is 12.1 Å². The number of amides is 2. The van der Waals surface area contributed by atoms with Crippen LogP contribution in [0.3, 0.4) is 0 Å². The van der Waals surface area contributed by atoms with E-state index >= 15 is 0 Å². The van der Waals surface area contributed by atoms with E-state index in [1.165, 1.54) is 52.0 Å². The zero-order valence-electron chi connectivity index (χ0n) is 20.6. The number of benzene rings is 3. The van der Waals surface area contributed by atoms with E-state index in [1.54, 1.807) is 12.1 Å². The van der Waals surface area contributed by atoms with Gasteiger partial charge in [-0.3, -0.25) is 14.5 Å². The first-order valence-electron chi connectivity index (χ1n) is 12.6. The number of phenols is 2. The van der Waals surface area contributed by atoms with Crippen LogP contribution in [0.4, 0.5) is 10.1 Å². The Bertz CT molecular complexity index is 1450. The lowest BCUT2D eigenvalue weighted by molar-refractivity contribution is -0.127. The highest BCUT2D eigenvalue weighted by Crippen LogP contribution is 2.34. The number of halogens is 1. The molecule has 3 aromatic carbocycles. The average Bonchev–Trinajstić information content (AvgIpc) is 3.32. The zero-order chi connectivity index (χ0) is 26.6. The van der Waals surface area contributed by atoms with Gasteiger partial charge < -0.3 is 15.5 Å². The number of fused-ring (bicyclic) bond motifs is 1. The van der Waals surface area contributed by atoms with Gasteiger partial charge in [-0.2, -0.15) is 0 Å². The summed E-state index contributed by atoms with van der Waals surface area (Å²) in [4.78, 5) is 29.1. The van der Waals surface area contributed by atoms with Gasteiger partial charge in [0, 0.05) is 11.7 Å². The summed E-state index contributed by atoms with van der Waals surface area (Å²) in [6.07, 6.45) is 4.75. The lowest BCUT2D eigenvalue weighted by Crippen LogP contribution is -2.48. The summed E-state index contributed by atoms with van der Waals surface area (Å²) >= 11 is 0. The summed E-state index contributed by atoms with van der Waals surface area (Å²) in [5, 5.41) is 31.4. The fourth-order valence-electron chi connectivity index (χ4n) is 4.93. The van der Waals surface area contributed by atoms with Crippen molar-refractivity contribution in [2.24, 2.45) is 0 Å². The molecule has 1 aliphatic rings. The number of nitrogens with one attached hydrogen (secondary N) is 1. The molecule has 3 N–H and O–H groups in total. The molecule has 2 amide bonds. The van der Waals surface area contributed by atoms with Gasteiger partial charge in [-0.1, -0.05) is 42.7 Å². The SMILES string of the molecule is O=C(NC1CCCCC1)C(c1ccc(O)c(O)c1)N(C(=O)Cn1nnc2ccccc21)c1ccc(F)cc1. The lowest BCUT2D eigenvalue weighted by atomic mass is 9.94. The summed E-state index contributed by atoms with van der Waals surface area (Å²) in [5.41, 5.74) is 1.83. The molecule has 1 saturated carbocycles. The van der Waals surface area contributed by atoms with Gasteiger partial charge in [0.05, 0.1) is 5.52 Å². The lowest BCUT2D eigenvalue weighted by Gasteiger charge is -2.33. The molecule has 1 aromatic heterocycles. The molecular weight excluding hydrogens is 489 g/mol. The molecule has 9 nitrogen and oxygen atoms in total. The first-order valence-corrected chi connectivity index (χ1v) is 12.6. The van der Waals surface area contributed by atoms with Gasteiger partial charge in [-0.05, 0) is 66.9 Å². The van der Waals surface area contributed by atoms with Crippen LogP contribution in [0.5, 0.6) is 11.5 Å². The third-order valence-corrected chi connectivity index (χ3v) is 6.85. The Hall–Kier alpha value is -4.47. The van der Waals surface area contributed by atoms with Gasteiger partial charge in [0.1, 0.15) is 23.9 Å². The number of hydrogen-bond acceptors (Lipinski definition) is 6. The molecule has 5 rings (SSSR count). The molecule has 0 aliphatic heterocycles. The van der Waals surface area contributed by atoms with Crippen LogP contribution in [-0.4, -0.2) is 43.1 Å². The molecule has 10 heteroatoms. The summed E-state index contributed by atoms with van der Waals surface area (Å²) in [6, 6.07) is 15.2. The van der Waals surface area contributed by atoms with Crippen LogP contribution in [0, 0.1) is 5.82 Å². The topological polar surface area (TPSA) is 121 Å².